The summed E-state index contributed by atoms with van der Waals surface area (Å²) in [5.74, 6) is -0.776. The molecule has 0 aliphatic heterocycles. The number of amides is 1. The number of esters is 1. The number of aryl methyl sites for hydroxylation is 2. The average Bonchev–Trinajstić information content (AvgIpc) is 2.41. The van der Waals surface area contributed by atoms with Crippen LogP contribution in [0.3, 0.4) is 0 Å². The third kappa shape index (κ3) is 6.40. The van der Waals surface area contributed by atoms with Gasteiger partial charge in [0.15, 0.2) is 11.3 Å². The third-order valence-electron chi connectivity index (χ3n) is 2.38. The lowest BCUT2D eigenvalue weighted by Gasteiger charge is -2.12. The van der Waals surface area contributed by atoms with Crippen LogP contribution in [0.15, 0.2) is 23.9 Å². The van der Waals surface area contributed by atoms with Gasteiger partial charge in [-0.3, -0.25) is 9.59 Å². The van der Waals surface area contributed by atoms with Crippen molar-refractivity contribution < 1.29 is 14.3 Å². The minimum Gasteiger partial charge on any atom is -0.452 e. The maximum absolute atomic E-state index is 11.7. The number of hydrogen-bond donors (Lipinski definition) is 1. The average molecular weight is 309 g/mol. The number of carbonyl (C=O) groups is 2. The van der Waals surface area contributed by atoms with E-state index in [1.54, 1.807) is 6.08 Å². The second kappa shape index (κ2) is 8.41. The number of ether oxygens (including phenoxy) is 1. The molecule has 0 saturated heterocycles. The molecule has 0 spiro atoms. The summed E-state index contributed by atoms with van der Waals surface area (Å²) < 4.78 is 5.03. The van der Waals surface area contributed by atoms with Gasteiger partial charge in [-0.1, -0.05) is 17.8 Å². The smallest absolute Gasteiger partial charge is 0.317 e. The molecule has 1 amide bonds. The number of nitrogens with one attached hydrogen (secondary N) is 1. The zero-order valence-corrected chi connectivity index (χ0v) is 13.2. The van der Waals surface area contributed by atoms with Crippen LogP contribution in [0.25, 0.3) is 0 Å². The first-order valence-electron chi connectivity index (χ1n) is 6.45. The van der Waals surface area contributed by atoms with Crippen LogP contribution < -0.4 is 5.32 Å². The SMILES string of the molecule is C=CCNC(=O)[C@@H](C)OC(=O)CSc1nc(C)cc(C)n1. The number of hydrogen-bond acceptors (Lipinski definition) is 6. The van der Waals surface area contributed by atoms with E-state index in [-0.39, 0.29) is 11.7 Å². The molecule has 1 aromatic heterocycles. The van der Waals surface area contributed by atoms with Gasteiger partial charge in [0.25, 0.3) is 5.91 Å². The maximum Gasteiger partial charge on any atom is 0.317 e. The van der Waals surface area contributed by atoms with E-state index in [0.29, 0.717) is 11.7 Å². The molecule has 7 heteroatoms. The maximum atomic E-state index is 11.7. The van der Waals surface area contributed by atoms with Gasteiger partial charge in [-0.15, -0.1) is 6.58 Å². The van der Waals surface area contributed by atoms with Crippen LogP contribution in [0, 0.1) is 13.8 Å². The summed E-state index contributed by atoms with van der Waals surface area (Å²) >= 11 is 1.18. The van der Waals surface area contributed by atoms with Crippen molar-refractivity contribution in [2.75, 3.05) is 12.3 Å². The lowest BCUT2D eigenvalue weighted by atomic mass is 10.3. The molecule has 1 aromatic rings. The molecule has 0 bridgehead atoms. The first-order chi connectivity index (χ1) is 9.92. The summed E-state index contributed by atoms with van der Waals surface area (Å²) in [4.78, 5) is 31.6. The molecular formula is C14H19N3O3S. The van der Waals surface area contributed by atoms with Crippen molar-refractivity contribution in [3.8, 4) is 0 Å². The third-order valence-corrected chi connectivity index (χ3v) is 3.20. The molecule has 6 nitrogen and oxygen atoms in total. The van der Waals surface area contributed by atoms with E-state index < -0.39 is 12.1 Å². The van der Waals surface area contributed by atoms with Crippen LogP contribution in [0.4, 0.5) is 0 Å². The van der Waals surface area contributed by atoms with E-state index in [2.05, 4.69) is 21.9 Å². The normalized spacial score (nSPS) is 11.6. The van der Waals surface area contributed by atoms with Gasteiger partial charge in [-0.2, -0.15) is 0 Å². The Bertz CT molecular complexity index is 514. The largest absolute Gasteiger partial charge is 0.452 e. The zero-order chi connectivity index (χ0) is 15.8. The molecule has 114 valence electrons. The van der Waals surface area contributed by atoms with Crippen molar-refractivity contribution in [1.82, 2.24) is 15.3 Å². The second-order valence-corrected chi connectivity index (χ2v) is 5.33. The molecule has 0 radical (unpaired) electrons. The highest BCUT2D eigenvalue weighted by atomic mass is 32.2. The summed E-state index contributed by atoms with van der Waals surface area (Å²) in [5, 5.41) is 3.08. The van der Waals surface area contributed by atoms with Gasteiger partial charge < -0.3 is 10.1 Å². The van der Waals surface area contributed by atoms with Crippen LogP contribution >= 0.6 is 11.8 Å². The van der Waals surface area contributed by atoms with Gasteiger partial charge in [0.1, 0.15) is 0 Å². The molecule has 1 rings (SSSR count). The van der Waals surface area contributed by atoms with Crippen molar-refractivity contribution in [2.24, 2.45) is 0 Å². The predicted octanol–water partition coefficient (Wildman–Crippen LogP) is 1.42. The number of carbonyl (C=O) groups excluding carboxylic acids is 2. The van der Waals surface area contributed by atoms with Crippen molar-refractivity contribution in [2.45, 2.75) is 32.0 Å². The highest BCUT2D eigenvalue weighted by Crippen LogP contribution is 2.14. The molecule has 1 N–H and O–H groups in total. The van der Waals surface area contributed by atoms with Gasteiger partial charge in [0, 0.05) is 17.9 Å². The fourth-order valence-electron chi connectivity index (χ4n) is 1.48. The quantitative estimate of drug-likeness (QED) is 0.355. The molecule has 0 unspecified atom stereocenters. The predicted molar refractivity (Wildman–Crippen MR) is 81.0 cm³/mol. The summed E-state index contributed by atoms with van der Waals surface area (Å²) in [6.07, 6.45) is 0.720. The van der Waals surface area contributed by atoms with E-state index in [9.17, 15) is 9.59 Å². The van der Waals surface area contributed by atoms with E-state index in [4.69, 9.17) is 4.74 Å². The van der Waals surface area contributed by atoms with Gasteiger partial charge >= 0.3 is 5.97 Å². The van der Waals surface area contributed by atoms with Crippen LogP contribution in [-0.4, -0.2) is 40.2 Å². The van der Waals surface area contributed by atoms with Crippen LogP contribution in [0.5, 0.6) is 0 Å². The molecule has 0 aliphatic carbocycles. The number of aromatic nitrogens is 2. The highest BCUT2D eigenvalue weighted by Gasteiger charge is 2.17. The minimum absolute atomic E-state index is 0.0575. The van der Waals surface area contributed by atoms with Gasteiger partial charge in [0.05, 0.1) is 5.75 Å². The fraction of sp³-hybridized carbons (Fsp3) is 0.429. The fourth-order valence-corrected chi connectivity index (χ4v) is 2.21. The van der Waals surface area contributed by atoms with Crippen LogP contribution in [0.1, 0.15) is 18.3 Å². The molecule has 0 aromatic carbocycles. The molecule has 21 heavy (non-hydrogen) atoms. The summed E-state index contributed by atoms with van der Waals surface area (Å²) in [7, 11) is 0. The van der Waals surface area contributed by atoms with Crippen molar-refractivity contribution in [1.29, 1.82) is 0 Å². The Morgan fingerprint density at radius 3 is 2.62 bits per heavy atom. The van der Waals surface area contributed by atoms with Gasteiger partial charge in [-0.25, -0.2) is 9.97 Å². The van der Waals surface area contributed by atoms with Crippen molar-refractivity contribution >= 4 is 23.6 Å². The van der Waals surface area contributed by atoms with E-state index in [1.165, 1.54) is 18.7 Å². The topological polar surface area (TPSA) is 81.2 Å². The van der Waals surface area contributed by atoms with Gasteiger partial charge in [0.2, 0.25) is 0 Å². The highest BCUT2D eigenvalue weighted by molar-refractivity contribution is 7.99. The molecule has 1 heterocycles. The lowest BCUT2D eigenvalue weighted by molar-refractivity contribution is -0.152. The summed E-state index contributed by atoms with van der Waals surface area (Å²) in [6.45, 7) is 9.08. The Hall–Kier alpha value is -1.89. The van der Waals surface area contributed by atoms with E-state index in [0.717, 1.165) is 11.4 Å². The second-order valence-electron chi connectivity index (χ2n) is 4.39. The molecule has 0 aliphatic rings. The monoisotopic (exact) mass is 309 g/mol. The Kier molecular flexibility index (Phi) is 6.87. The van der Waals surface area contributed by atoms with E-state index >= 15 is 0 Å². The van der Waals surface area contributed by atoms with Crippen LogP contribution in [-0.2, 0) is 14.3 Å². The summed E-state index contributed by atoms with van der Waals surface area (Å²) in [6, 6.07) is 1.86. The molecule has 0 fully saturated rings. The Labute approximate surface area is 128 Å². The number of rotatable bonds is 7. The van der Waals surface area contributed by atoms with Crippen molar-refractivity contribution in [3.63, 3.8) is 0 Å². The standard InChI is InChI=1S/C14H19N3O3S/c1-5-6-15-13(19)11(4)20-12(18)8-21-14-16-9(2)7-10(3)17-14/h5,7,11H,1,6,8H2,2-4H3,(H,15,19)/t11-/m1/s1. The van der Waals surface area contributed by atoms with Crippen molar-refractivity contribution in [3.05, 3.63) is 30.1 Å². The summed E-state index contributed by atoms with van der Waals surface area (Å²) in [5.41, 5.74) is 1.69. The Balaban J connectivity index is 2.43. The molecular weight excluding hydrogens is 290 g/mol. The first-order valence-corrected chi connectivity index (χ1v) is 7.44. The molecule has 0 saturated carbocycles. The zero-order valence-electron chi connectivity index (χ0n) is 12.4. The lowest BCUT2D eigenvalue weighted by Crippen LogP contribution is -2.36. The van der Waals surface area contributed by atoms with Gasteiger partial charge in [-0.05, 0) is 26.8 Å². The van der Waals surface area contributed by atoms with Crippen LogP contribution in [0.2, 0.25) is 0 Å². The molecule has 1 atom stereocenters. The Morgan fingerprint density at radius 2 is 2.05 bits per heavy atom. The Morgan fingerprint density at radius 1 is 1.43 bits per heavy atom. The minimum atomic E-state index is -0.835. The first kappa shape index (κ1) is 17.2. The number of nitrogens with zero attached hydrogens (tertiary/aromatic N) is 2. The van der Waals surface area contributed by atoms with E-state index in [1.807, 2.05) is 19.9 Å². The number of thioether (sulfide) groups is 1.